The van der Waals surface area contributed by atoms with Crippen molar-refractivity contribution < 1.29 is 14.3 Å². The van der Waals surface area contributed by atoms with E-state index in [-0.39, 0.29) is 18.1 Å². The van der Waals surface area contributed by atoms with Gasteiger partial charge < -0.3 is 24.7 Å². The molecule has 3 rings (SSSR count). The van der Waals surface area contributed by atoms with Crippen LogP contribution in [0.25, 0.3) is 11.0 Å². The highest BCUT2D eigenvalue weighted by molar-refractivity contribution is 5.88. The monoisotopic (exact) mass is 446 g/mol. The smallest absolute Gasteiger partial charge is 0.260 e. The predicted octanol–water partition coefficient (Wildman–Crippen LogP) is 3.35. The van der Waals surface area contributed by atoms with Crippen LogP contribution in [-0.4, -0.2) is 62.5 Å². The minimum atomic E-state index is -0.0258. The van der Waals surface area contributed by atoms with Crippen LogP contribution in [0.4, 0.5) is 5.82 Å². The van der Waals surface area contributed by atoms with E-state index in [1.165, 1.54) is 0 Å². The minimum Gasteiger partial charge on any atom is -0.472 e. The van der Waals surface area contributed by atoms with E-state index in [4.69, 9.17) is 20.2 Å². The summed E-state index contributed by atoms with van der Waals surface area (Å²) < 4.78 is 13.6. The van der Waals surface area contributed by atoms with Crippen molar-refractivity contribution in [1.82, 2.24) is 24.6 Å². The maximum absolute atomic E-state index is 12.2. The number of hydrogen-bond acceptors (Lipinski definition) is 7. The Hall–Kier alpha value is -2.42. The average Bonchev–Trinajstić information content (AvgIpc) is 3.13. The van der Waals surface area contributed by atoms with E-state index in [0.717, 1.165) is 82.6 Å². The molecule has 9 nitrogen and oxygen atoms in total. The SMILES string of the molecule is CCCCc1nc2c(N)nnc(OC(C)C)c2n1CCCCN(C(C)=O)C1CCOCC1. The molecule has 0 spiro atoms. The van der Waals surface area contributed by atoms with Gasteiger partial charge in [-0.05, 0) is 46.0 Å². The van der Waals surface area contributed by atoms with Crippen molar-refractivity contribution in [3.8, 4) is 5.88 Å². The lowest BCUT2D eigenvalue weighted by atomic mass is 10.1. The molecule has 1 aliphatic rings. The maximum Gasteiger partial charge on any atom is 0.260 e. The quantitative estimate of drug-likeness (QED) is 0.527. The van der Waals surface area contributed by atoms with E-state index >= 15 is 0 Å². The van der Waals surface area contributed by atoms with Crippen LogP contribution in [0.5, 0.6) is 5.88 Å². The molecule has 0 bridgehead atoms. The van der Waals surface area contributed by atoms with Crippen LogP contribution in [-0.2, 0) is 22.5 Å². The van der Waals surface area contributed by atoms with Crippen LogP contribution in [0.15, 0.2) is 0 Å². The third-order valence-electron chi connectivity index (χ3n) is 5.91. The summed E-state index contributed by atoms with van der Waals surface area (Å²) in [7, 11) is 0. The lowest BCUT2D eigenvalue weighted by Crippen LogP contribution is -2.42. The summed E-state index contributed by atoms with van der Waals surface area (Å²) in [6, 6.07) is 0.288. The first kappa shape index (κ1) is 24.2. The molecule has 3 heterocycles. The lowest BCUT2D eigenvalue weighted by Gasteiger charge is -2.33. The largest absolute Gasteiger partial charge is 0.472 e. The first-order valence-electron chi connectivity index (χ1n) is 11.9. The van der Waals surface area contributed by atoms with Gasteiger partial charge in [0.05, 0.1) is 6.10 Å². The molecule has 0 aliphatic carbocycles. The number of unbranched alkanes of at least 4 members (excludes halogenated alkanes) is 2. The number of carbonyl (C=O) groups is 1. The average molecular weight is 447 g/mol. The Morgan fingerprint density at radius 3 is 2.66 bits per heavy atom. The number of rotatable bonds is 11. The van der Waals surface area contributed by atoms with Gasteiger partial charge in [0.1, 0.15) is 16.9 Å². The molecule has 1 saturated heterocycles. The van der Waals surface area contributed by atoms with Crippen molar-refractivity contribution in [3.63, 3.8) is 0 Å². The van der Waals surface area contributed by atoms with Gasteiger partial charge in [-0.1, -0.05) is 13.3 Å². The van der Waals surface area contributed by atoms with E-state index in [1.807, 2.05) is 18.7 Å². The molecule has 9 heteroatoms. The molecule has 0 aromatic carbocycles. The Morgan fingerprint density at radius 2 is 2.00 bits per heavy atom. The molecule has 32 heavy (non-hydrogen) atoms. The van der Waals surface area contributed by atoms with Crippen LogP contribution in [0, 0.1) is 0 Å². The number of anilines is 1. The highest BCUT2D eigenvalue weighted by Gasteiger charge is 2.24. The minimum absolute atomic E-state index is 0.0258. The normalized spacial score (nSPS) is 14.9. The van der Waals surface area contributed by atoms with Gasteiger partial charge in [0, 0.05) is 45.7 Å². The number of nitrogen functional groups attached to an aromatic ring is 1. The number of nitrogens with zero attached hydrogens (tertiary/aromatic N) is 5. The summed E-state index contributed by atoms with van der Waals surface area (Å²) in [5.41, 5.74) is 7.60. The molecular formula is C23H38N6O3. The molecule has 0 saturated carbocycles. The highest BCUT2D eigenvalue weighted by atomic mass is 16.5. The van der Waals surface area contributed by atoms with Crippen LogP contribution in [0.3, 0.4) is 0 Å². The Balaban J connectivity index is 1.77. The molecule has 0 radical (unpaired) electrons. The van der Waals surface area contributed by atoms with Crippen LogP contribution < -0.4 is 10.5 Å². The summed E-state index contributed by atoms with van der Waals surface area (Å²) >= 11 is 0. The van der Waals surface area contributed by atoms with Gasteiger partial charge in [-0.15, -0.1) is 10.2 Å². The first-order chi connectivity index (χ1) is 15.4. The molecule has 1 fully saturated rings. The Labute approximate surface area is 190 Å². The van der Waals surface area contributed by atoms with E-state index in [1.54, 1.807) is 6.92 Å². The molecule has 1 aliphatic heterocycles. The molecule has 1 amide bonds. The van der Waals surface area contributed by atoms with Crippen LogP contribution >= 0.6 is 0 Å². The number of aromatic nitrogens is 4. The summed E-state index contributed by atoms with van der Waals surface area (Å²) in [6.07, 6.45) is 6.64. The summed E-state index contributed by atoms with van der Waals surface area (Å²) in [5.74, 6) is 1.94. The number of amides is 1. The standard InChI is InChI=1S/C23H38N6O3/c1-5-6-9-19-25-20-21(23(32-16(2)3)27-26-22(20)24)29(19)13-8-7-12-28(17(4)30)18-10-14-31-15-11-18/h16,18H,5-15H2,1-4H3,(H2,24,26). The zero-order chi connectivity index (χ0) is 23.1. The zero-order valence-electron chi connectivity index (χ0n) is 20.0. The third kappa shape index (κ3) is 5.88. The fourth-order valence-corrected chi connectivity index (χ4v) is 4.30. The van der Waals surface area contributed by atoms with Gasteiger partial charge in [0.2, 0.25) is 5.91 Å². The van der Waals surface area contributed by atoms with E-state index in [9.17, 15) is 4.79 Å². The second-order valence-corrected chi connectivity index (χ2v) is 8.80. The van der Waals surface area contributed by atoms with E-state index < -0.39 is 0 Å². The topological polar surface area (TPSA) is 108 Å². The summed E-state index contributed by atoms with van der Waals surface area (Å²) in [5, 5.41) is 8.28. The van der Waals surface area contributed by atoms with Crippen LogP contribution in [0.2, 0.25) is 0 Å². The van der Waals surface area contributed by atoms with E-state index in [2.05, 4.69) is 21.7 Å². The van der Waals surface area contributed by atoms with Gasteiger partial charge in [-0.2, -0.15) is 0 Å². The third-order valence-corrected chi connectivity index (χ3v) is 5.91. The number of nitrogens with two attached hydrogens (primary N) is 1. The number of hydrogen-bond donors (Lipinski definition) is 1. The molecular weight excluding hydrogens is 408 g/mol. The summed E-state index contributed by atoms with van der Waals surface area (Å²) in [6.45, 7) is 10.8. The second kappa shape index (κ2) is 11.4. The van der Waals surface area contributed by atoms with E-state index in [0.29, 0.717) is 17.2 Å². The van der Waals surface area contributed by atoms with Gasteiger partial charge in [-0.3, -0.25) is 4.79 Å². The molecule has 0 unspecified atom stereocenters. The zero-order valence-corrected chi connectivity index (χ0v) is 20.0. The van der Waals surface area contributed by atoms with Gasteiger partial charge in [0.15, 0.2) is 5.82 Å². The van der Waals surface area contributed by atoms with Crippen molar-refractivity contribution in [1.29, 1.82) is 0 Å². The number of aryl methyl sites for hydroxylation is 2. The lowest BCUT2D eigenvalue weighted by molar-refractivity contribution is -0.133. The second-order valence-electron chi connectivity index (χ2n) is 8.80. The van der Waals surface area contributed by atoms with Gasteiger partial charge in [0.25, 0.3) is 5.88 Å². The molecule has 2 aromatic heterocycles. The molecule has 2 N–H and O–H groups in total. The van der Waals surface area contributed by atoms with Crippen LogP contribution in [0.1, 0.15) is 72.0 Å². The Bertz CT molecular complexity index is 891. The fraction of sp³-hybridized carbons (Fsp3) is 0.739. The van der Waals surface area contributed by atoms with Gasteiger partial charge >= 0.3 is 0 Å². The van der Waals surface area contributed by atoms with Gasteiger partial charge in [-0.25, -0.2) is 4.98 Å². The van der Waals surface area contributed by atoms with Crippen molar-refractivity contribution >= 4 is 22.8 Å². The molecule has 178 valence electrons. The Morgan fingerprint density at radius 1 is 1.25 bits per heavy atom. The van der Waals surface area contributed by atoms with Crippen molar-refractivity contribution in [2.24, 2.45) is 0 Å². The Kier molecular flexibility index (Phi) is 8.67. The number of fused-ring (bicyclic) bond motifs is 1. The first-order valence-corrected chi connectivity index (χ1v) is 11.9. The number of imidazole rings is 1. The fourth-order valence-electron chi connectivity index (χ4n) is 4.30. The van der Waals surface area contributed by atoms with Crippen molar-refractivity contribution in [3.05, 3.63) is 5.82 Å². The summed E-state index contributed by atoms with van der Waals surface area (Å²) in [4.78, 5) is 19.0. The predicted molar refractivity (Wildman–Crippen MR) is 125 cm³/mol. The highest BCUT2D eigenvalue weighted by Crippen LogP contribution is 2.29. The number of carbonyl (C=O) groups excluding carboxylic acids is 1. The molecule has 2 aromatic rings. The van der Waals surface area contributed by atoms with Crippen molar-refractivity contribution in [2.75, 3.05) is 25.5 Å². The number of ether oxygens (including phenoxy) is 2. The molecule has 0 atom stereocenters. The maximum atomic E-state index is 12.2. The van der Waals surface area contributed by atoms with Crippen molar-refractivity contribution in [2.45, 2.75) is 91.3 Å².